The van der Waals surface area contributed by atoms with Crippen molar-refractivity contribution < 1.29 is 28.2 Å². The first kappa shape index (κ1) is 17.4. The number of aromatic amines is 1. The van der Waals surface area contributed by atoms with Gasteiger partial charge in [0.2, 0.25) is 6.43 Å². The molecule has 7 nitrogen and oxygen atoms in total. The first-order valence-electron chi connectivity index (χ1n) is 6.92. The molecule has 9 heteroatoms. The molecule has 0 aliphatic carbocycles. The largest absolute Gasteiger partial charge is 0.497 e. The number of nitrogens with one attached hydrogen (secondary N) is 2. The molecule has 2 aromatic rings. The minimum Gasteiger partial charge on any atom is -0.497 e. The molecule has 0 saturated carbocycles. The molecule has 0 aliphatic heterocycles. The van der Waals surface area contributed by atoms with Gasteiger partial charge in [0, 0.05) is 12.0 Å². The number of alkyl halides is 2. The second kappa shape index (κ2) is 7.53. The molecule has 128 valence electrons. The number of amides is 1. The van der Waals surface area contributed by atoms with Crippen molar-refractivity contribution in [2.45, 2.75) is 18.9 Å². The van der Waals surface area contributed by atoms with Gasteiger partial charge in [-0.05, 0) is 30.3 Å². The zero-order valence-electron chi connectivity index (χ0n) is 12.6. The van der Waals surface area contributed by atoms with E-state index in [9.17, 15) is 18.4 Å². The zero-order chi connectivity index (χ0) is 17.7. The van der Waals surface area contributed by atoms with E-state index < -0.39 is 30.8 Å². The standard InChI is InChI=1S/C15H15F2N3O4/c1-24-9-4-2-8(3-5-9)10-6-11(20-19-10)14(21)18-12(15(22)23)7-13(16)17/h2-6,12-13H,7H2,1H3,(H,18,21)(H,19,20)(H,22,23). The third-order valence-corrected chi connectivity index (χ3v) is 3.23. The third-order valence-electron chi connectivity index (χ3n) is 3.23. The number of carbonyl (C=O) groups is 2. The Morgan fingerprint density at radius 3 is 2.54 bits per heavy atom. The summed E-state index contributed by atoms with van der Waals surface area (Å²) in [4.78, 5) is 22.9. The van der Waals surface area contributed by atoms with Crippen LogP contribution in [0.1, 0.15) is 16.9 Å². The number of rotatable bonds is 7. The van der Waals surface area contributed by atoms with E-state index in [1.54, 1.807) is 24.3 Å². The summed E-state index contributed by atoms with van der Waals surface area (Å²) in [6.07, 6.45) is -3.82. The van der Waals surface area contributed by atoms with E-state index in [2.05, 4.69) is 10.2 Å². The van der Waals surface area contributed by atoms with E-state index in [-0.39, 0.29) is 5.69 Å². The van der Waals surface area contributed by atoms with Crippen LogP contribution in [-0.2, 0) is 4.79 Å². The van der Waals surface area contributed by atoms with Crippen molar-refractivity contribution in [1.29, 1.82) is 0 Å². The van der Waals surface area contributed by atoms with Crippen LogP contribution in [0.5, 0.6) is 5.75 Å². The van der Waals surface area contributed by atoms with Gasteiger partial charge in [-0.1, -0.05) is 0 Å². The van der Waals surface area contributed by atoms with E-state index in [1.807, 2.05) is 5.32 Å². The maximum Gasteiger partial charge on any atom is 0.326 e. The maximum absolute atomic E-state index is 12.3. The van der Waals surface area contributed by atoms with Gasteiger partial charge in [0.05, 0.1) is 12.8 Å². The fourth-order valence-electron chi connectivity index (χ4n) is 1.98. The molecule has 1 unspecified atom stereocenters. The van der Waals surface area contributed by atoms with Crippen LogP contribution >= 0.6 is 0 Å². The summed E-state index contributed by atoms with van der Waals surface area (Å²) >= 11 is 0. The molecule has 1 amide bonds. The van der Waals surface area contributed by atoms with Crippen molar-refractivity contribution in [3.63, 3.8) is 0 Å². The second-order valence-electron chi connectivity index (χ2n) is 4.89. The highest BCUT2D eigenvalue weighted by Gasteiger charge is 2.25. The topological polar surface area (TPSA) is 104 Å². The number of carboxylic acids is 1. The molecule has 0 spiro atoms. The number of ether oxygens (including phenoxy) is 1. The Balaban J connectivity index is 2.10. The molecular weight excluding hydrogens is 324 g/mol. The molecule has 24 heavy (non-hydrogen) atoms. The number of aliphatic carboxylic acids is 1. The van der Waals surface area contributed by atoms with Crippen molar-refractivity contribution in [1.82, 2.24) is 15.5 Å². The highest BCUT2D eigenvalue weighted by molar-refractivity contribution is 5.95. The normalized spacial score (nSPS) is 12.0. The molecule has 0 fully saturated rings. The molecule has 2 rings (SSSR count). The molecule has 0 bridgehead atoms. The number of halogens is 2. The van der Waals surface area contributed by atoms with Gasteiger partial charge >= 0.3 is 5.97 Å². The number of methoxy groups -OCH3 is 1. The van der Waals surface area contributed by atoms with Gasteiger partial charge in [0.1, 0.15) is 17.5 Å². The molecule has 0 radical (unpaired) electrons. The van der Waals surface area contributed by atoms with E-state index in [4.69, 9.17) is 9.84 Å². The van der Waals surface area contributed by atoms with Gasteiger partial charge in [-0.3, -0.25) is 9.89 Å². The van der Waals surface area contributed by atoms with Crippen LogP contribution < -0.4 is 10.1 Å². The van der Waals surface area contributed by atoms with E-state index in [0.717, 1.165) is 0 Å². The minimum absolute atomic E-state index is 0.0265. The van der Waals surface area contributed by atoms with Crippen molar-refractivity contribution in [3.05, 3.63) is 36.0 Å². The fraction of sp³-hybridized carbons (Fsp3) is 0.267. The average Bonchev–Trinajstić information content (AvgIpc) is 3.04. The monoisotopic (exact) mass is 339 g/mol. The summed E-state index contributed by atoms with van der Waals surface area (Å²) in [5.41, 5.74) is 1.12. The number of carboxylic acid groups (broad SMARTS) is 1. The molecule has 0 aliphatic rings. The van der Waals surface area contributed by atoms with Gasteiger partial charge in [0.15, 0.2) is 0 Å². The number of aromatic nitrogens is 2. The molecule has 1 aromatic carbocycles. The molecule has 1 heterocycles. The lowest BCUT2D eigenvalue weighted by atomic mass is 10.1. The second-order valence-corrected chi connectivity index (χ2v) is 4.89. The Hall–Kier alpha value is -2.97. The summed E-state index contributed by atoms with van der Waals surface area (Å²) in [6, 6.07) is 6.62. The molecule has 0 saturated heterocycles. The van der Waals surface area contributed by atoms with Crippen LogP contribution in [-0.4, -0.2) is 46.8 Å². The molecule has 1 atom stereocenters. The Morgan fingerprint density at radius 2 is 2.00 bits per heavy atom. The molecule has 1 aromatic heterocycles. The average molecular weight is 339 g/mol. The minimum atomic E-state index is -2.84. The highest BCUT2D eigenvalue weighted by atomic mass is 19.3. The third kappa shape index (κ3) is 4.28. The predicted molar refractivity (Wildman–Crippen MR) is 80.1 cm³/mol. The fourth-order valence-corrected chi connectivity index (χ4v) is 1.98. The zero-order valence-corrected chi connectivity index (χ0v) is 12.6. The number of hydrogen-bond donors (Lipinski definition) is 3. The summed E-state index contributed by atoms with van der Waals surface area (Å²) in [6.45, 7) is 0. The smallest absolute Gasteiger partial charge is 0.326 e. The number of hydrogen-bond acceptors (Lipinski definition) is 4. The van der Waals surface area contributed by atoms with Crippen LogP contribution in [0.3, 0.4) is 0 Å². The highest BCUT2D eigenvalue weighted by Crippen LogP contribution is 2.21. The van der Waals surface area contributed by atoms with Crippen molar-refractivity contribution in [2.24, 2.45) is 0 Å². The number of nitrogens with zero attached hydrogens (tertiary/aromatic N) is 1. The van der Waals surface area contributed by atoms with Gasteiger partial charge in [-0.2, -0.15) is 5.10 Å². The SMILES string of the molecule is COc1ccc(-c2cc(C(=O)NC(CC(F)F)C(=O)O)[nH]n2)cc1. The van der Waals surface area contributed by atoms with Crippen molar-refractivity contribution in [2.75, 3.05) is 7.11 Å². The lowest BCUT2D eigenvalue weighted by Crippen LogP contribution is -2.42. The van der Waals surface area contributed by atoms with E-state index in [0.29, 0.717) is 17.0 Å². The number of H-pyrrole nitrogens is 1. The van der Waals surface area contributed by atoms with Crippen molar-refractivity contribution >= 4 is 11.9 Å². The number of carbonyl (C=O) groups excluding carboxylic acids is 1. The van der Waals surface area contributed by atoms with Crippen LogP contribution in [0.4, 0.5) is 8.78 Å². The number of benzene rings is 1. The van der Waals surface area contributed by atoms with Gasteiger partial charge in [-0.25, -0.2) is 13.6 Å². The molecular formula is C15H15F2N3O4. The summed E-state index contributed by atoms with van der Waals surface area (Å²) in [5.74, 6) is -1.70. The maximum atomic E-state index is 12.3. The first-order chi connectivity index (χ1) is 11.4. The lowest BCUT2D eigenvalue weighted by molar-refractivity contribution is -0.140. The van der Waals surface area contributed by atoms with E-state index in [1.165, 1.54) is 13.2 Å². The summed E-state index contributed by atoms with van der Waals surface area (Å²) in [7, 11) is 1.53. The Kier molecular flexibility index (Phi) is 5.46. The summed E-state index contributed by atoms with van der Waals surface area (Å²) < 4.78 is 29.7. The van der Waals surface area contributed by atoms with Crippen LogP contribution in [0.2, 0.25) is 0 Å². The molecule has 3 N–H and O–H groups in total. The van der Waals surface area contributed by atoms with Gasteiger partial charge < -0.3 is 15.2 Å². The van der Waals surface area contributed by atoms with Gasteiger partial charge in [-0.15, -0.1) is 0 Å². The lowest BCUT2D eigenvalue weighted by Gasteiger charge is -2.12. The van der Waals surface area contributed by atoms with E-state index >= 15 is 0 Å². The van der Waals surface area contributed by atoms with Crippen molar-refractivity contribution in [3.8, 4) is 17.0 Å². The Bertz CT molecular complexity index is 716. The quantitative estimate of drug-likeness (QED) is 0.715. The predicted octanol–water partition coefficient (Wildman–Crippen LogP) is 1.92. The van der Waals surface area contributed by atoms with Gasteiger partial charge in [0.25, 0.3) is 5.91 Å². The Labute approximate surface area is 135 Å². The first-order valence-corrected chi connectivity index (χ1v) is 6.92. The Morgan fingerprint density at radius 1 is 1.33 bits per heavy atom. The van der Waals surface area contributed by atoms with Crippen LogP contribution in [0.25, 0.3) is 11.3 Å². The summed E-state index contributed by atoms with van der Waals surface area (Å²) in [5, 5.41) is 17.3. The van der Waals surface area contributed by atoms with Crippen LogP contribution in [0.15, 0.2) is 30.3 Å². The van der Waals surface area contributed by atoms with Crippen LogP contribution in [0, 0.1) is 0 Å².